The van der Waals surface area contributed by atoms with Gasteiger partial charge in [-0.25, -0.2) is 0 Å². The second-order valence-electron chi connectivity index (χ2n) is 1.99. The quantitative estimate of drug-likeness (QED) is 0.358. The largest absolute Gasteiger partial charge is 2.00 e. The van der Waals surface area contributed by atoms with Crippen molar-refractivity contribution in [2.75, 3.05) is 14.2 Å². The minimum Gasteiger partial charge on any atom is -0.517 e. The fraction of sp³-hybridized carbons (Fsp3) is 0.273. The first kappa shape index (κ1) is 26.7. The first-order chi connectivity index (χ1) is 7.54. The Morgan fingerprint density at radius 3 is 1.28 bits per heavy atom. The van der Waals surface area contributed by atoms with Gasteiger partial charge in [-0.05, 0) is 6.07 Å². The Labute approximate surface area is 149 Å². The zero-order valence-electron chi connectivity index (χ0n) is 9.34. The van der Waals surface area contributed by atoms with Crippen molar-refractivity contribution in [2.24, 2.45) is 0 Å². The summed E-state index contributed by atoms with van der Waals surface area (Å²) in [5.41, 5.74) is 0. The molecule has 0 aliphatic carbocycles. The van der Waals surface area contributed by atoms with Crippen molar-refractivity contribution < 1.29 is 9.47 Å². The molecule has 0 aliphatic heterocycles. The number of benzene rings is 1. The first-order valence-corrected chi connectivity index (χ1v) is 5.58. The van der Waals surface area contributed by atoms with Crippen LogP contribution in [0.15, 0.2) is 30.3 Å². The summed E-state index contributed by atoms with van der Waals surface area (Å²) >= 11 is 17.2. The molecule has 3 radical (unpaired) electrons. The molecule has 0 aromatic heterocycles. The molecule has 0 N–H and O–H groups in total. The van der Waals surface area contributed by atoms with Crippen molar-refractivity contribution in [3.63, 3.8) is 0 Å². The van der Waals surface area contributed by atoms with E-state index in [2.05, 4.69) is 65.2 Å². The van der Waals surface area contributed by atoms with E-state index in [1.807, 2.05) is 30.3 Å². The Hall–Kier alpha value is 0.239. The number of methoxy groups -OCH3 is 2. The van der Waals surface area contributed by atoms with Crippen LogP contribution in [0.1, 0.15) is 7.43 Å². The monoisotopic (exact) mass is 427 g/mol. The summed E-state index contributed by atoms with van der Waals surface area (Å²) in [7, 11) is 2.91. The van der Waals surface area contributed by atoms with Gasteiger partial charge < -0.3 is 59.2 Å². The van der Waals surface area contributed by atoms with Crippen LogP contribution < -0.4 is 0 Å². The fourth-order valence-corrected chi connectivity index (χ4v) is 0.342. The summed E-state index contributed by atoms with van der Waals surface area (Å²) in [6, 6.07) is 12.5. The average Bonchev–Trinajstić information content (AvgIpc) is 2.32. The van der Waals surface area contributed by atoms with Gasteiger partial charge in [-0.3, -0.25) is 0 Å². The van der Waals surface area contributed by atoms with Gasteiger partial charge in [-0.1, -0.05) is 37.8 Å². The van der Waals surface area contributed by atoms with Gasteiger partial charge >= 0.3 is 23.9 Å². The van der Waals surface area contributed by atoms with Crippen LogP contribution >= 0.6 is 24.4 Å². The topological polar surface area (TPSA) is 18.5 Å². The Morgan fingerprint density at radius 1 is 0.944 bits per heavy atom. The summed E-state index contributed by atoms with van der Waals surface area (Å²) in [5.74, 6) is 0. The summed E-state index contributed by atoms with van der Waals surface area (Å²) in [4.78, 5) is 0. The number of rotatable bonds is 0. The Kier molecular flexibility index (Phi) is 33.3. The average molecular weight is 426 g/mol. The van der Waals surface area contributed by atoms with Crippen LogP contribution in [0.25, 0.3) is 0 Å². The van der Waals surface area contributed by atoms with Crippen molar-refractivity contribution in [3.8, 4) is 0 Å². The molecule has 99 valence electrons. The Balaban J connectivity index is -0.0000000781. The molecule has 0 atom stereocenters. The molecule has 0 fully saturated rings. The van der Waals surface area contributed by atoms with Gasteiger partial charge in [0.25, 0.3) is 0 Å². The third-order valence-corrected chi connectivity index (χ3v) is 1.61. The normalized spacial score (nSPS) is 6.33. The molecule has 0 aliphatic rings. The fourth-order valence-electron chi connectivity index (χ4n) is 0.342. The third-order valence-electron chi connectivity index (χ3n) is 0.940. The second kappa shape index (κ2) is 22.4. The van der Waals surface area contributed by atoms with Crippen LogP contribution in [-0.4, -0.2) is 46.9 Å². The van der Waals surface area contributed by atoms with Gasteiger partial charge in [0.1, 0.15) is 0 Å². The van der Waals surface area contributed by atoms with Gasteiger partial charge in [0.05, 0.1) is 14.2 Å². The molecule has 0 spiro atoms. The Bertz CT molecular complexity index is 243. The molecular formula is C11H15O2S4Sn. The molecule has 18 heavy (non-hydrogen) atoms. The van der Waals surface area contributed by atoms with E-state index in [4.69, 9.17) is 0 Å². The minimum absolute atomic E-state index is 0. The van der Waals surface area contributed by atoms with E-state index in [9.17, 15) is 0 Å². The molecule has 1 aromatic carbocycles. The predicted molar refractivity (Wildman–Crippen MR) is 91.7 cm³/mol. The molecule has 1 rings (SSSR count). The van der Waals surface area contributed by atoms with E-state index in [1.54, 1.807) is 0 Å². The standard InChI is InChI=1S/C6H5.2C2H4OS2.CH4.Sn/c1-2-4-6-5-3-1;2*1-3-2(4)5;;/h1-5H;2*1H3,(H,4,5);1H4;/q;;;;+2/p-2. The van der Waals surface area contributed by atoms with Crippen LogP contribution in [0.5, 0.6) is 0 Å². The molecule has 2 nitrogen and oxygen atoms in total. The summed E-state index contributed by atoms with van der Waals surface area (Å²) < 4.78 is 8.94. The maximum atomic E-state index is 4.30. The van der Waals surface area contributed by atoms with E-state index in [-0.39, 0.29) is 40.1 Å². The molecule has 0 unspecified atom stereocenters. The van der Waals surface area contributed by atoms with Gasteiger partial charge in [0, 0.05) is 8.77 Å². The maximum Gasteiger partial charge on any atom is 2.00 e. The van der Waals surface area contributed by atoms with E-state index >= 15 is 0 Å². The minimum atomic E-state index is 0. The van der Waals surface area contributed by atoms with E-state index < -0.39 is 0 Å². The van der Waals surface area contributed by atoms with Gasteiger partial charge in [0.15, 0.2) is 0 Å². The van der Waals surface area contributed by atoms with Crippen LogP contribution in [0.2, 0.25) is 0 Å². The zero-order valence-corrected chi connectivity index (χ0v) is 15.5. The van der Waals surface area contributed by atoms with E-state index in [1.165, 1.54) is 14.2 Å². The predicted octanol–water partition coefficient (Wildman–Crippen LogP) is 2.67. The first-order valence-electron chi connectivity index (χ1n) is 3.95. The molecule has 7 heteroatoms. The Morgan fingerprint density at radius 2 is 1.22 bits per heavy atom. The number of ether oxygens (including phenoxy) is 2. The van der Waals surface area contributed by atoms with Crippen molar-refractivity contribution in [2.45, 2.75) is 7.43 Å². The molecule has 0 saturated carbocycles. The molecule has 0 saturated heterocycles. The summed E-state index contributed by atoms with van der Waals surface area (Å²) in [5, 5.41) is 0. The summed E-state index contributed by atoms with van der Waals surface area (Å²) in [6.07, 6.45) is 0. The van der Waals surface area contributed by atoms with Crippen molar-refractivity contribution in [3.05, 3.63) is 36.4 Å². The molecule has 0 heterocycles. The van der Waals surface area contributed by atoms with Crippen molar-refractivity contribution in [1.82, 2.24) is 0 Å². The molecule has 0 bridgehead atoms. The number of hydrogen-bond acceptors (Lipinski definition) is 6. The van der Waals surface area contributed by atoms with Crippen molar-refractivity contribution >= 4 is 82.4 Å². The van der Waals surface area contributed by atoms with Crippen LogP contribution in [-0.2, 0) is 34.7 Å². The second-order valence-corrected chi connectivity index (χ2v) is 3.99. The van der Waals surface area contributed by atoms with Crippen molar-refractivity contribution in [1.29, 1.82) is 0 Å². The van der Waals surface area contributed by atoms with E-state index in [0.717, 1.165) is 0 Å². The zero-order chi connectivity index (χ0) is 12.8. The SMILES string of the molecule is C.COC(=S)[S-].COC(=S)[S-].[Sn+2].[c]1ccccc1. The van der Waals surface area contributed by atoms with Crippen LogP contribution in [0.3, 0.4) is 0 Å². The molecular weight excluding hydrogens is 411 g/mol. The molecule has 1 aromatic rings. The van der Waals surface area contributed by atoms with E-state index in [0.29, 0.717) is 0 Å². The smallest absolute Gasteiger partial charge is 0.517 e. The maximum absolute atomic E-state index is 4.30. The van der Waals surface area contributed by atoms with Gasteiger partial charge in [-0.2, -0.15) is 0 Å². The van der Waals surface area contributed by atoms with Gasteiger partial charge in [-0.15, -0.1) is 0 Å². The third kappa shape index (κ3) is 36.0. The molecule has 0 amide bonds. The van der Waals surface area contributed by atoms with Crippen LogP contribution in [0.4, 0.5) is 0 Å². The van der Waals surface area contributed by atoms with Crippen LogP contribution in [0, 0.1) is 6.07 Å². The summed E-state index contributed by atoms with van der Waals surface area (Å²) in [6.45, 7) is 0. The van der Waals surface area contributed by atoms with Gasteiger partial charge in [0.2, 0.25) is 0 Å². The number of hydrogen-bond donors (Lipinski definition) is 0. The number of thiocarbonyl (C=S) groups is 2.